The van der Waals surface area contributed by atoms with Gasteiger partial charge in [0.15, 0.2) is 6.29 Å². The van der Waals surface area contributed by atoms with E-state index in [1.54, 1.807) is 6.08 Å². The number of aldehydes is 1. The van der Waals surface area contributed by atoms with E-state index in [0.717, 1.165) is 11.8 Å². The van der Waals surface area contributed by atoms with Crippen LogP contribution in [0.2, 0.25) is 0 Å². The highest BCUT2D eigenvalue weighted by atomic mass is 16.4. The first-order chi connectivity index (χ1) is 9.85. The number of carbonyl (C=O) groups is 1. The molecular weight excluding hydrogens is 250 g/mol. The van der Waals surface area contributed by atoms with Crippen molar-refractivity contribution in [3.8, 4) is 11.5 Å². The lowest BCUT2D eigenvalue weighted by Crippen LogP contribution is -1.86. The van der Waals surface area contributed by atoms with Gasteiger partial charge in [-0.05, 0) is 12.1 Å². The van der Waals surface area contributed by atoms with Gasteiger partial charge in [0.2, 0.25) is 5.89 Å². The maximum atomic E-state index is 11.0. The molecule has 0 spiro atoms. The Morgan fingerprint density at radius 1 is 1.15 bits per heavy atom. The summed E-state index contributed by atoms with van der Waals surface area (Å²) in [5.41, 5.74) is 1.21. The quantitative estimate of drug-likeness (QED) is 0.585. The fraction of sp³-hybridized carbons (Fsp3) is 0.0588. The van der Waals surface area contributed by atoms with E-state index >= 15 is 0 Å². The van der Waals surface area contributed by atoms with E-state index in [0.29, 0.717) is 23.8 Å². The highest BCUT2D eigenvalue weighted by Crippen LogP contribution is 2.21. The second-order valence-corrected chi connectivity index (χ2v) is 4.06. The first-order valence-electron chi connectivity index (χ1n) is 6.29. The largest absolute Gasteiger partial charge is 0.440 e. The summed E-state index contributed by atoms with van der Waals surface area (Å²) in [6.07, 6.45) is 10.4. The molecule has 20 heavy (non-hydrogen) atoms. The predicted octanol–water partition coefficient (Wildman–Crippen LogP) is 4.00. The van der Waals surface area contributed by atoms with Gasteiger partial charge in [0.05, 0.1) is 0 Å². The van der Waals surface area contributed by atoms with Crippen molar-refractivity contribution in [2.45, 2.75) is 6.42 Å². The number of carbonyl (C=O) groups excluding carboxylic acids is 1. The molecule has 1 aromatic heterocycles. The van der Waals surface area contributed by atoms with Crippen molar-refractivity contribution < 1.29 is 9.21 Å². The van der Waals surface area contributed by atoms with Gasteiger partial charge < -0.3 is 4.42 Å². The summed E-state index contributed by atoms with van der Waals surface area (Å²) >= 11 is 0. The Kier molecular flexibility index (Phi) is 4.84. The minimum absolute atomic E-state index is 0.348. The molecule has 2 rings (SSSR count). The highest BCUT2D eigenvalue weighted by molar-refractivity contribution is 5.74. The second kappa shape index (κ2) is 7.04. The van der Waals surface area contributed by atoms with Gasteiger partial charge in [0, 0.05) is 12.0 Å². The summed E-state index contributed by atoms with van der Waals surface area (Å²) in [7, 11) is 0. The molecule has 3 heteroatoms. The maximum absolute atomic E-state index is 11.0. The van der Waals surface area contributed by atoms with Crippen LogP contribution < -0.4 is 0 Å². The zero-order valence-electron chi connectivity index (χ0n) is 11.0. The highest BCUT2D eigenvalue weighted by Gasteiger charge is 2.12. The van der Waals surface area contributed by atoms with E-state index < -0.39 is 0 Å². The molecule has 0 saturated heterocycles. The lowest BCUT2D eigenvalue weighted by Gasteiger charge is -1.93. The predicted molar refractivity (Wildman–Crippen MR) is 79.5 cm³/mol. The number of benzene rings is 1. The molecule has 100 valence electrons. The molecule has 0 fully saturated rings. The molecular formula is C17H15NO2. The minimum atomic E-state index is 0.348. The van der Waals surface area contributed by atoms with Crippen molar-refractivity contribution in [3.63, 3.8) is 0 Å². The van der Waals surface area contributed by atoms with E-state index in [1.165, 1.54) is 0 Å². The van der Waals surface area contributed by atoms with E-state index in [2.05, 4.69) is 11.6 Å². The molecule has 0 aliphatic carbocycles. The first kappa shape index (κ1) is 13.7. The van der Waals surface area contributed by atoms with E-state index in [1.807, 2.05) is 54.6 Å². The van der Waals surface area contributed by atoms with Crippen LogP contribution in [0.5, 0.6) is 0 Å². The van der Waals surface area contributed by atoms with Crippen LogP contribution in [-0.2, 0) is 6.42 Å². The Morgan fingerprint density at radius 3 is 2.65 bits per heavy atom. The van der Waals surface area contributed by atoms with Crippen LogP contribution in [0.4, 0.5) is 0 Å². The fourth-order valence-electron chi connectivity index (χ4n) is 1.70. The van der Waals surface area contributed by atoms with Gasteiger partial charge in [-0.2, -0.15) is 0 Å². The lowest BCUT2D eigenvalue weighted by molar-refractivity contribution is 0.111. The average Bonchev–Trinajstić information content (AvgIpc) is 2.91. The number of allylic oxidation sites excluding steroid dienone is 5. The molecule has 3 nitrogen and oxygen atoms in total. The van der Waals surface area contributed by atoms with Crippen LogP contribution in [0.3, 0.4) is 0 Å². The van der Waals surface area contributed by atoms with Gasteiger partial charge in [-0.1, -0.05) is 55.2 Å². The van der Waals surface area contributed by atoms with Gasteiger partial charge in [0.25, 0.3) is 0 Å². The van der Waals surface area contributed by atoms with Crippen molar-refractivity contribution in [2.24, 2.45) is 0 Å². The molecule has 0 unspecified atom stereocenters. The molecule has 0 amide bonds. The van der Waals surface area contributed by atoms with Gasteiger partial charge in [-0.15, -0.1) is 0 Å². The monoisotopic (exact) mass is 265 g/mol. The molecule has 1 heterocycles. The molecule has 0 saturated carbocycles. The van der Waals surface area contributed by atoms with Gasteiger partial charge in [-0.25, -0.2) is 4.98 Å². The Labute approximate surface area is 118 Å². The Balaban J connectivity index is 2.19. The van der Waals surface area contributed by atoms with Crippen LogP contribution >= 0.6 is 0 Å². The first-order valence-corrected chi connectivity index (χ1v) is 6.29. The third-order valence-corrected chi connectivity index (χ3v) is 2.66. The van der Waals surface area contributed by atoms with E-state index in [9.17, 15) is 4.79 Å². The summed E-state index contributed by atoms with van der Waals surface area (Å²) in [6, 6.07) is 9.52. The third kappa shape index (κ3) is 3.42. The Morgan fingerprint density at radius 2 is 1.95 bits per heavy atom. The molecule has 0 aliphatic rings. The number of nitrogens with zero attached hydrogens (tertiary/aromatic N) is 1. The number of hydrogen-bond donors (Lipinski definition) is 0. The van der Waals surface area contributed by atoms with Crippen LogP contribution in [0, 0.1) is 0 Å². The zero-order chi connectivity index (χ0) is 14.2. The topological polar surface area (TPSA) is 43.1 Å². The zero-order valence-corrected chi connectivity index (χ0v) is 11.0. The number of rotatable bonds is 6. The van der Waals surface area contributed by atoms with E-state index in [4.69, 9.17) is 4.42 Å². The van der Waals surface area contributed by atoms with E-state index in [-0.39, 0.29) is 0 Å². The Hall–Kier alpha value is -2.68. The third-order valence-electron chi connectivity index (χ3n) is 2.66. The summed E-state index contributed by atoms with van der Waals surface area (Å²) in [5.74, 6) is 1.04. The van der Waals surface area contributed by atoms with Crippen LogP contribution in [0.1, 0.15) is 16.2 Å². The molecule has 1 aromatic carbocycles. The van der Waals surface area contributed by atoms with Crippen LogP contribution in [-0.4, -0.2) is 11.3 Å². The van der Waals surface area contributed by atoms with Crippen molar-refractivity contribution >= 4 is 6.29 Å². The van der Waals surface area contributed by atoms with Crippen LogP contribution in [0.15, 0.2) is 71.7 Å². The summed E-state index contributed by atoms with van der Waals surface area (Å²) in [6.45, 7) is 3.59. The number of hydrogen-bond acceptors (Lipinski definition) is 3. The number of oxazole rings is 1. The van der Waals surface area contributed by atoms with Gasteiger partial charge in [0.1, 0.15) is 11.5 Å². The normalized spacial score (nSPS) is 11.2. The maximum Gasteiger partial charge on any atom is 0.226 e. The molecule has 0 N–H and O–H groups in total. The summed E-state index contributed by atoms with van der Waals surface area (Å²) < 4.78 is 5.66. The molecule has 2 aromatic rings. The fourth-order valence-corrected chi connectivity index (χ4v) is 1.70. The Bertz CT molecular complexity index is 636. The standard InChI is InChI=1S/C17H15NO2/c1-2-3-4-5-9-12-16-15(13-19)18-17(20-16)14-10-7-6-8-11-14/h2-11,13H,1,12H2/b4-3-,9-5-. The summed E-state index contributed by atoms with van der Waals surface area (Å²) in [4.78, 5) is 15.2. The summed E-state index contributed by atoms with van der Waals surface area (Å²) in [5, 5.41) is 0. The molecule has 0 aliphatic heterocycles. The molecule has 0 bridgehead atoms. The van der Waals surface area contributed by atoms with Gasteiger partial charge in [-0.3, -0.25) is 4.79 Å². The number of aromatic nitrogens is 1. The molecule has 0 radical (unpaired) electrons. The van der Waals surface area contributed by atoms with Crippen molar-refractivity contribution in [1.29, 1.82) is 0 Å². The lowest BCUT2D eigenvalue weighted by atomic mass is 10.2. The molecule has 0 atom stereocenters. The van der Waals surface area contributed by atoms with Crippen molar-refractivity contribution in [3.05, 3.63) is 78.7 Å². The second-order valence-electron chi connectivity index (χ2n) is 4.06. The van der Waals surface area contributed by atoms with Crippen molar-refractivity contribution in [2.75, 3.05) is 0 Å². The van der Waals surface area contributed by atoms with Crippen molar-refractivity contribution in [1.82, 2.24) is 4.98 Å². The SMILES string of the molecule is C=C/C=C\C=C/Cc1oc(-c2ccccc2)nc1C=O. The van der Waals surface area contributed by atoms with Crippen LogP contribution in [0.25, 0.3) is 11.5 Å². The minimum Gasteiger partial charge on any atom is -0.440 e. The van der Waals surface area contributed by atoms with Gasteiger partial charge >= 0.3 is 0 Å². The average molecular weight is 265 g/mol. The smallest absolute Gasteiger partial charge is 0.226 e.